The third-order valence-electron chi connectivity index (χ3n) is 2.47. The van der Waals surface area contributed by atoms with Crippen LogP contribution >= 0.6 is 0 Å². The minimum Gasteiger partial charge on any atom is -0.480 e. The first-order valence-corrected chi connectivity index (χ1v) is 5.41. The van der Waals surface area contributed by atoms with E-state index in [0.29, 0.717) is 0 Å². The molecule has 3 N–H and O–H groups in total. The number of para-hydroxylation sites is 1. The molecule has 1 aromatic rings. The number of nitrogen functional groups attached to an aromatic ring is 1. The van der Waals surface area contributed by atoms with Crippen LogP contribution in [-0.2, 0) is 4.79 Å². The average molecular weight is 254 g/mol. The van der Waals surface area contributed by atoms with Crippen LogP contribution in [0.4, 0.5) is 10.1 Å². The molecule has 0 aliphatic carbocycles. The van der Waals surface area contributed by atoms with E-state index in [1.165, 1.54) is 12.1 Å². The molecule has 1 aromatic carbocycles. The van der Waals surface area contributed by atoms with Gasteiger partial charge in [-0.05, 0) is 26.0 Å². The first-order valence-electron chi connectivity index (χ1n) is 5.41. The van der Waals surface area contributed by atoms with Gasteiger partial charge in [-0.15, -0.1) is 0 Å². The summed E-state index contributed by atoms with van der Waals surface area (Å²) in [6, 6.07) is 3.55. The molecule has 98 valence electrons. The van der Waals surface area contributed by atoms with Crippen molar-refractivity contribution in [1.29, 1.82) is 0 Å². The van der Waals surface area contributed by atoms with Crippen molar-refractivity contribution in [2.24, 2.45) is 0 Å². The molecule has 0 aliphatic rings. The number of amides is 1. The number of aliphatic carboxylic acids is 1. The molecule has 5 nitrogen and oxygen atoms in total. The quantitative estimate of drug-likeness (QED) is 0.794. The highest BCUT2D eigenvalue weighted by Gasteiger charge is 2.23. The summed E-state index contributed by atoms with van der Waals surface area (Å²) in [6.45, 7) is 2.90. The summed E-state index contributed by atoms with van der Waals surface area (Å²) in [5.74, 6) is -2.42. The van der Waals surface area contributed by atoms with E-state index in [0.717, 1.165) is 11.0 Å². The van der Waals surface area contributed by atoms with Crippen molar-refractivity contribution in [2.45, 2.75) is 19.9 Å². The summed E-state index contributed by atoms with van der Waals surface area (Å²) in [7, 11) is 0. The van der Waals surface area contributed by atoms with Gasteiger partial charge in [-0.1, -0.05) is 6.07 Å². The number of anilines is 1. The largest absolute Gasteiger partial charge is 0.480 e. The van der Waals surface area contributed by atoms with Crippen molar-refractivity contribution in [2.75, 3.05) is 12.3 Å². The van der Waals surface area contributed by atoms with Crippen LogP contribution in [-0.4, -0.2) is 34.5 Å². The van der Waals surface area contributed by atoms with E-state index in [1.807, 2.05) is 0 Å². The molecule has 18 heavy (non-hydrogen) atoms. The zero-order chi connectivity index (χ0) is 13.9. The maximum atomic E-state index is 13.3. The number of carbonyl (C=O) groups is 2. The Morgan fingerprint density at radius 1 is 1.44 bits per heavy atom. The van der Waals surface area contributed by atoms with Crippen molar-refractivity contribution in [3.05, 3.63) is 29.6 Å². The van der Waals surface area contributed by atoms with E-state index in [2.05, 4.69) is 0 Å². The van der Waals surface area contributed by atoms with Crippen molar-refractivity contribution < 1.29 is 19.1 Å². The number of hydrogen-bond donors (Lipinski definition) is 2. The smallest absolute Gasteiger partial charge is 0.323 e. The monoisotopic (exact) mass is 254 g/mol. The lowest BCUT2D eigenvalue weighted by molar-refractivity contribution is -0.138. The van der Waals surface area contributed by atoms with Crippen LogP contribution in [0.2, 0.25) is 0 Å². The van der Waals surface area contributed by atoms with E-state index in [9.17, 15) is 14.0 Å². The Morgan fingerprint density at radius 2 is 2.06 bits per heavy atom. The van der Waals surface area contributed by atoms with Gasteiger partial charge in [-0.3, -0.25) is 9.59 Å². The van der Waals surface area contributed by atoms with E-state index < -0.39 is 24.2 Å². The molecule has 0 unspecified atom stereocenters. The van der Waals surface area contributed by atoms with Crippen LogP contribution in [0.1, 0.15) is 24.2 Å². The Labute approximate surface area is 104 Å². The predicted octanol–water partition coefficient (Wildman–Crippen LogP) is 1.34. The standard InChI is InChI=1S/C12H15FN2O3/c1-7(2)15(6-10(16)17)12(18)8-4-3-5-9(13)11(8)14/h3-5,7H,6,14H2,1-2H3,(H,16,17). The SMILES string of the molecule is CC(C)N(CC(=O)O)C(=O)c1cccc(F)c1N. The van der Waals surface area contributed by atoms with E-state index in [-0.39, 0.29) is 17.3 Å². The van der Waals surface area contributed by atoms with Crippen LogP contribution in [0.25, 0.3) is 0 Å². The Hall–Kier alpha value is -2.11. The third kappa shape index (κ3) is 2.97. The van der Waals surface area contributed by atoms with E-state index >= 15 is 0 Å². The second kappa shape index (κ2) is 5.48. The number of benzene rings is 1. The predicted molar refractivity (Wildman–Crippen MR) is 64.6 cm³/mol. The van der Waals surface area contributed by atoms with Crippen LogP contribution in [0.5, 0.6) is 0 Å². The summed E-state index contributed by atoms with van der Waals surface area (Å²) in [5.41, 5.74) is 5.19. The molecule has 0 fully saturated rings. The normalized spacial score (nSPS) is 10.4. The number of hydrogen-bond acceptors (Lipinski definition) is 3. The van der Waals surface area contributed by atoms with E-state index in [1.54, 1.807) is 13.8 Å². The fourth-order valence-corrected chi connectivity index (χ4v) is 1.51. The number of carboxylic acids is 1. The zero-order valence-electron chi connectivity index (χ0n) is 10.2. The van der Waals surface area contributed by atoms with Crippen LogP contribution < -0.4 is 5.73 Å². The van der Waals surface area contributed by atoms with Gasteiger partial charge in [0.15, 0.2) is 0 Å². The highest BCUT2D eigenvalue weighted by Crippen LogP contribution is 2.18. The highest BCUT2D eigenvalue weighted by molar-refractivity contribution is 6.00. The zero-order valence-corrected chi connectivity index (χ0v) is 10.2. The maximum Gasteiger partial charge on any atom is 0.323 e. The molecule has 1 amide bonds. The molecule has 0 radical (unpaired) electrons. The van der Waals surface area contributed by atoms with Crippen molar-refractivity contribution in [3.63, 3.8) is 0 Å². The Morgan fingerprint density at radius 3 is 2.56 bits per heavy atom. The minimum atomic E-state index is -1.13. The third-order valence-corrected chi connectivity index (χ3v) is 2.47. The molecule has 0 aliphatic heterocycles. The van der Waals surface area contributed by atoms with Gasteiger partial charge < -0.3 is 15.7 Å². The number of nitrogens with two attached hydrogens (primary N) is 1. The van der Waals surface area contributed by atoms with Crippen molar-refractivity contribution in [3.8, 4) is 0 Å². The molecule has 0 spiro atoms. The number of halogens is 1. The lowest BCUT2D eigenvalue weighted by atomic mass is 10.1. The lowest BCUT2D eigenvalue weighted by Gasteiger charge is -2.25. The molecule has 0 heterocycles. The number of carbonyl (C=O) groups excluding carboxylic acids is 1. The van der Waals surface area contributed by atoms with Gasteiger partial charge in [0.1, 0.15) is 12.4 Å². The lowest BCUT2D eigenvalue weighted by Crippen LogP contribution is -2.41. The van der Waals surface area contributed by atoms with Gasteiger partial charge in [-0.25, -0.2) is 4.39 Å². The van der Waals surface area contributed by atoms with Crippen molar-refractivity contribution in [1.82, 2.24) is 4.90 Å². The molecule has 0 bridgehead atoms. The fraction of sp³-hybridized carbons (Fsp3) is 0.333. The minimum absolute atomic E-state index is 0.0232. The molecule has 0 aromatic heterocycles. The number of rotatable bonds is 4. The Kier molecular flexibility index (Phi) is 4.25. The van der Waals surface area contributed by atoms with Gasteiger partial charge in [0.25, 0.3) is 5.91 Å². The molecule has 0 saturated heterocycles. The molecular formula is C12H15FN2O3. The first kappa shape index (κ1) is 14.0. The fourth-order valence-electron chi connectivity index (χ4n) is 1.51. The molecule has 0 atom stereocenters. The summed E-state index contributed by atoms with van der Waals surface area (Å²) >= 11 is 0. The van der Waals surface area contributed by atoms with Gasteiger partial charge >= 0.3 is 5.97 Å². The summed E-state index contributed by atoms with van der Waals surface area (Å²) in [4.78, 5) is 23.9. The highest BCUT2D eigenvalue weighted by atomic mass is 19.1. The second-order valence-corrected chi connectivity index (χ2v) is 4.12. The maximum absolute atomic E-state index is 13.3. The second-order valence-electron chi connectivity index (χ2n) is 4.12. The van der Waals surface area contributed by atoms with E-state index in [4.69, 9.17) is 10.8 Å². The molecule has 1 rings (SSSR count). The van der Waals surface area contributed by atoms with Crippen LogP contribution in [0.3, 0.4) is 0 Å². The van der Waals surface area contributed by atoms with Crippen LogP contribution in [0, 0.1) is 5.82 Å². The average Bonchev–Trinajstić information content (AvgIpc) is 2.28. The summed E-state index contributed by atoms with van der Waals surface area (Å²) in [5, 5.41) is 8.75. The van der Waals surface area contributed by atoms with Crippen molar-refractivity contribution >= 4 is 17.6 Å². The molecular weight excluding hydrogens is 239 g/mol. The van der Waals surface area contributed by atoms with Gasteiger partial charge in [0, 0.05) is 6.04 Å². The Bertz CT molecular complexity index is 474. The summed E-state index contributed by atoms with van der Waals surface area (Å²) in [6.07, 6.45) is 0. The van der Waals surface area contributed by atoms with Gasteiger partial charge in [-0.2, -0.15) is 0 Å². The number of carboxylic acid groups (broad SMARTS) is 1. The topological polar surface area (TPSA) is 83.6 Å². The van der Waals surface area contributed by atoms with Crippen LogP contribution in [0.15, 0.2) is 18.2 Å². The van der Waals surface area contributed by atoms with Gasteiger partial charge in [0.05, 0.1) is 11.3 Å². The van der Waals surface area contributed by atoms with Gasteiger partial charge in [0.2, 0.25) is 0 Å². The summed E-state index contributed by atoms with van der Waals surface area (Å²) < 4.78 is 13.3. The molecule has 6 heteroatoms. The first-order chi connectivity index (χ1) is 8.34. The molecule has 0 saturated carbocycles. The Balaban J connectivity index is 3.10. The number of nitrogens with zero attached hydrogens (tertiary/aromatic N) is 1.